The van der Waals surface area contributed by atoms with Crippen LogP contribution in [-0.4, -0.2) is 0 Å². The highest BCUT2D eigenvalue weighted by atomic mass is 35.5. The first-order valence-corrected chi connectivity index (χ1v) is 5.57. The zero-order valence-corrected chi connectivity index (χ0v) is 9.94. The van der Waals surface area contributed by atoms with Crippen molar-refractivity contribution in [3.05, 3.63) is 64.4 Å². The van der Waals surface area contributed by atoms with Crippen molar-refractivity contribution in [3.8, 4) is 0 Å². The van der Waals surface area contributed by atoms with Gasteiger partial charge in [-0.25, -0.2) is 13.2 Å². The number of hydrogen-bond acceptors (Lipinski definition) is 1. The first-order valence-electron chi connectivity index (χ1n) is 5.20. The summed E-state index contributed by atoms with van der Waals surface area (Å²) in [7, 11) is 0. The topological polar surface area (TPSA) is 12.0 Å². The highest BCUT2D eigenvalue weighted by Crippen LogP contribution is 2.20. The number of nitrogens with one attached hydrogen (secondary N) is 1. The number of halogens is 4. The second-order valence-corrected chi connectivity index (χ2v) is 4.12. The molecule has 2 aromatic rings. The Morgan fingerprint density at radius 1 is 0.944 bits per heavy atom. The Bertz CT molecular complexity index is 552. The standard InChI is InChI=1S/C13H9ClF3N/c14-9-5-4-8(12(17)6-9)7-18-13-10(15)2-1-3-11(13)16/h1-6,18H,7H2. The second-order valence-electron chi connectivity index (χ2n) is 3.69. The van der Waals surface area contributed by atoms with Crippen LogP contribution in [-0.2, 0) is 6.54 Å². The fraction of sp³-hybridized carbons (Fsp3) is 0.0769. The molecule has 0 saturated heterocycles. The van der Waals surface area contributed by atoms with E-state index in [1.807, 2.05) is 0 Å². The molecule has 0 spiro atoms. The predicted octanol–water partition coefficient (Wildman–Crippen LogP) is 4.37. The van der Waals surface area contributed by atoms with Crippen molar-refractivity contribution in [2.45, 2.75) is 6.54 Å². The van der Waals surface area contributed by atoms with E-state index in [0.29, 0.717) is 0 Å². The van der Waals surface area contributed by atoms with Gasteiger partial charge in [-0.1, -0.05) is 23.7 Å². The molecule has 0 bridgehead atoms. The van der Waals surface area contributed by atoms with Gasteiger partial charge < -0.3 is 5.32 Å². The lowest BCUT2D eigenvalue weighted by molar-refractivity contribution is 0.585. The Kier molecular flexibility index (Phi) is 3.77. The molecule has 94 valence electrons. The van der Waals surface area contributed by atoms with E-state index in [-0.39, 0.29) is 22.8 Å². The van der Waals surface area contributed by atoms with Crippen LogP contribution in [0.2, 0.25) is 5.02 Å². The lowest BCUT2D eigenvalue weighted by atomic mass is 10.2. The molecule has 0 aliphatic carbocycles. The van der Waals surface area contributed by atoms with Gasteiger partial charge in [-0.3, -0.25) is 0 Å². The monoisotopic (exact) mass is 271 g/mol. The van der Waals surface area contributed by atoms with E-state index < -0.39 is 17.5 Å². The van der Waals surface area contributed by atoms with Crippen molar-refractivity contribution in [2.75, 3.05) is 5.32 Å². The molecule has 0 aliphatic rings. The van der Waals surface area contributed by atoms with Crippen molar-refractivity contribution in [1.29, 1.82) is 0 Å². The summed E-state index contributed by atoms with van der Waals surface area (Å²) in [5, 5.41) is 2.80. The van der Waals surface area contributed by atoms with Gasteiger partial charge in [0.15, 0.2) is 0 Å². The molecule has 1 N–H and O–H groups in total. The molecule has 0 aliphatic heterocycles. The van der Waals surface area contributed by atoms with Crippen LogP contribution in [0, 0.1) is 17.5 Å². The molecule has 2 rings (SSSR count). The minimum atomic E-state index is -0.718. The van der Waals surface area contributed by atoms with E-state index >= 15 is 0 Å². The minimum absolute atomic E-state index is 0.0269. The smallest absolute Gasteiger partial charge is 0.149 e. The van der Waals surface area contributed by atoms with Gasteiger partial charge in [0.25, 0.3) is 0 Å². The van der Waals surface area contributed by atoms with E-state index in [2.05, 4.69) is 5.32 Å². The van der Waals surface area contributed by atoms with E-state index in [4.69, 9.17) is 11.6 Å². The molecule has 0 saturated carbocycles. The SMILES string of the molecule is Fc1cc(Cl)ccc1CNc1c(F)cccc1F. The lowest BCUT2D eigenvalue weighted by Crippen LogP contribution is -2.05. The van der Waals surface area contributed by atoms with E-state index in [1.54, 1.807) is 0 Å². The average molecular weight is 272 g/mol. The van der Waals surface area contributed by atoms with Crippen LogP contribution in [0.3, 0.4) is 0 Å². The van der Waals surface area contributed by atoms with Crippen LogP contribution in [0.15, 0.2) is 36.4 Å². The summed E-state index contributed by atoms with van der Waals surface area (Å²) in [6, 6.07) is 7.64. The zero-order valence-electron chi connectivity index (χ0n) is 9.18. The van der Waals surface area contributed by atoms with Gasteiger partial charge in [-0.05, 0) is 24.3 Å². The second kappa shape index (κ2) is 5.31. The van der Waals surface area contributed by atoms with E-state index in [0.717, 1.165) is 18.2 Å². The van der Waals surface area contributed by atoms with Crippen molar-refractivity contribution in [1.82, 2.24) is 0 Å². The summed E-state index contributed by atoms with van der Waals surface area (Å²) in [5.74, 6) is -1.96. The lowest BCUT2D eigenvalue weighted by Gasteiger charge is -2.09. The molecule has 0 unspecified atom stereocenters. The van der Waals surface area contributed by atoms with Gasteiger partial charge in [0.05, 0.1) is 0 Å². The van der Waals surface area contributed by atoms with Gasteiger partial charge in [0, 0.05) is 17.1 Å². The Hall–Kier alpha value is -1.68. The summed E-state index contributed by atoms with van der Waals surface area (Å²) in [5.41, 5.74) is 0.00824. The maximum Gasteiger partial charge on any atom is 0.149 e. The molecule has 0 aromatic heterocycles. The van der Waals surface area contributed by atoms with Gasteiger partial charge in [-0.2, -0.15) is 0 Å². The third-order valence-corrected chi connectivity index (χ3v) is 2.67. The third-order valence-electron chi connectivity index (χ3n) is 2.43. The first kappa shape index (κ1) is 12.8. The van der Waals surface area contributed by atoms with Crippen molar-refractivity contribution >= 4 is 17.3 Å². The van der Waals surface area contributed by atoms with Crippen molar-refractivity contribution < 1.29 is 13.2 Å². The quantitative estimate of drug-likeness (QED) is 0.874. The van der Waals surface area contributed by atoms with Crippen molar-refractivity contribution in [2.24, 2.45) is 0 Å². The molecule has 0 fully saturated rings. The number of hydrogen-bond donors (Lipinski definition) is 1. The number of para-hydroxylation sites is 1. The maximum atomic E-state index is 13.4. The molecule has 0 atom stereocenters. The summed E-state index contributed by atoms with van der Waals surface area (Å²) in [6.07, 6.45) is 0. The van der Waals surface area contributed by atoms with Gasteiger partial charge in [0.1, 0.15) is 23.1 Å². The molecule has 0 amide bonds. The summed E-state index contributed by atoms with van der Waals surface area (Å²) in [6.45, 7) is -0.0269. The molecule has 0 radical (unpaired) electrons. The highest BCUT2D eigenvalue weighted by Gasteiger charge is 2.09. The maximum absolute atomic E-state index is 13.4. The summed E-state index contributed by atoms with van der Waals surface area (Å²) < 4.78 is 40.0. The predicted molar refractivity (Wildman–Crippen MR) is 65.1 cm³/mol. The summed E-state index contributed by atoms with van der Waals surface area (Å²) in [4.78, 5) is 0. The van der Waals surface area contributed by atoms with Crippen LogP contribution in [0.25, 0.3) is 0 Å². The fourth-order valence-electron chi connectivity index (χ4n) is 1.52. The molecule has 1 nitrogen and oxygen atoms in total. The van der Waals surface area contributed by atoms with Crippen LogP contribution in [0.1, 0.15) is 5.56 Å². The minimum Gasteiger partial charge on any atom is -0.376 e. The average Bonchev–Trinajstić information content (AvgIpc) is 2.31. The van der Waals surface area contributed by atoms with Crippen molar-refractivity contribution in [3.63, 3.8) is 0 Å². The van der Waals surface area contributed by atoms with Crippen LogP contribution >= 0.6 is 11.6 Å². The molecule has 0 heterocycles. The zero-order chi connectivity index (χ0) is 13.1. The normalized spacial score (nSPS) is 10.4. The Labute approximate surface area is 107 Å². The van der Waals surface area contributed by atoms with Crippen LogP contribution in [0.4, 0.5) is 18.9 Å². The number of rotatable bonds is 3. The Morgan fingerprint density at radius 3 is 2.22 bits per heavy atom. The Morgan fingerprint density at radius 2 is 1.61 bits per heavy atom. The van der Waals surface area contributed by atoms with Gasteiger partial charge in [-0.15, -0.1) is 0 Å². The van der Waals surface area contributed by atoms with E-state index in [9.17, 15) is 13.2 Å². The molecular formula is C13H9ClF3N. The van der Waals surface area contributed by atoms with Gasteiger partial charge in [0.2, 0.25) is 0 Å². The Balaban J connectivity index is 2.16. The number of anilines is 1. The van der Waals surface area contributed by atoms with Crippen LogP contribution < -0.4 is 5.32 Å². The van der Waals surface area contributed by atoms with E-state index in [1.165, 1.54) is 18.2 Å². The molecule has 5 heteroatoms. The fourth-order valence-corrected chi connectivity index (χ4v) is 1.67. The van der Waals surface area contributed by atoms with Crippen LogP contribution in [0.5, 0.6) is 0 Å². The van der Waals surface area contributed by atoms with Gasteiger partial charge >= 0.3 is 0 Å². The molecule has 2 aromatic carbocycles. The highest BCUT2D eigenvalue weighted by molar-refractivity contribution is 6.30. The largest absolute Gasteiger partial charge is 0.376 e. The molecular weight excluding hydrogens is 263 g/mol. The molecule has 18 heavy (non-hydrogen) atoms. The summed E-state index contributed by atoms with van der Waals surface area (Å²) >= 11 is 5.60. The number of benzene rings is 2. The third kappa shape index (κ3) is 2.76. The first-order chi connectivity index (χ1) is 8.58.